The van der Waals surface area contributed by atoms with Gasteiger partial charge in [-0.2, -0.15) is 0 Å². The number of carboxylic acids is 2. The number of carbonyl (C=O) groups is 4. The number of carbonyl (C=O) groups excluding carboxylic acids is 2. The number of hydrogen-bond acceptors (Lipinski definition) is 9. The van der Waals surface area contributed by atoms with E-state index in [0.717, 1.165) is 51.0 Å². The number of alkyl halides is 1. The molecule has 3 aliphatic rings. The predicted octanol–water partition coefficient (Wildman–Crippen LogP) is 6.74. The van der Waals surface area contributed by atoms with E-state index >= 15 is 0 Å². The molecule has 0 bridgehead atoms. The summed E-state index contributed by atoms with van der Waals surface area (Å²) in [5, 5.41) is 33.9. The Balaban J connectivity index is -0.0000000598. The average Bonchev–Trinajstić information content (AvgIpc) is 3.32. The standard InChI is InChI=1S/C6H12O2.C5H11NO2.C5H9NO.C5H11NO.C5H8O.C2H6.CH3I.CH4.2HI.H3NO/c1-3-5(2)4-6(7)8;1-4(3-6)2-5(7)8;1-4-2-5(7)6-3-4;1-4-2-5(3-4)6-7;1-4-2-5(6)3-4;2*1-2;;;;1-2/h5H,3-4H2,1-2H3,(H,7,8);4H,2-3,6H2,1H3,(H,7,8);4H,2-3H2,1H3,(H,6,7);4-7H,2-3H2,1H3;4H,2-3H2,1H3;1-2H3;1H3;1H4;2*1H;2H,1H2. The van der Waals surface area contributed by atoms with Crippen LogP contribution in [0.4, 0.5) is 0 Å². The fourth-order valence-electron chi connectivity index (χ4n) is 3.30. The molecular weight excluding hydrogens is 925 g/mol. The summed E-state index contributed by atoms with van der Waals surface area (Å²) in [5.74, 6) is 5.17. The molecular formula is C30H69I3N4O8. The number of halogens is 3. The first kappa shape index (κ1) is 63.7. The van der Waals surface area contributed by atoms with Crippen LogP contribution in [-0.2, 0) is 19.2 Å². The van der Waals surface area contributed by atoms with Crippen molar-refractivity contribution in [1.82, 2.24) is 10.8 Å². The maximum atomic E-state index is 10.3. The van der Waals surface area contributed by atoms with Gasteiger partial charge >= 0.3 is 11.9 Å². The summed E-state index contributed by atoms with van der Waals surface area (Å²) >= 11 is 2.15. The minimum atomic E-state index is -0.775. The van der Waals surface area contributed by atoms with Crippen LogP contribution in [0.2, 0.25) is 0 Å². The van der Waals surface area contributed by atoms with Crippen molar-refractivity contribution in [2.24, 2.45) is 41.2 Å². The quantitative estimate of drug-likeness (QED) is 0.0758. The zero-order valence-corrected chi connectivity index (χ0v) is 35.1. The molecule has 2 aliphatic carbocycles. The van der Waals surface area contributed by atoms with Gasteiger partial charge in [-0.25, -0.2) is 11.4 Å². The monoisotopic (exact) mass is 994 g/mol. The Kier molecular flexibility index (Phi) is 65.4. The molecule has 3 unspecified atom stereocenters. The Bertz CT molecular complexity index is 633. The Hall–Kier alpha value is 0.0700. The number of hydrogen-bond donors (Lipinski definition) is 8. The highest BCUT2D eigenvalue weighted by molar-refractivity contribution is 14.1. The third-order valence-corrected chi connectivity index (χ3v) is 6.04. The fraction of sp³-hybridized carbons (Fsp3) is 0.867. The number of Topliss-reactive ketones (excluding diaryl/α,β-unsaturated/α-hetero) is 1. The number of hydroxylamine groups is 1. The molecule has 0 radical (unpaired) electrons. The number of nitrogens with two attached hydrogens (primary N) is 2. The van der Waals surface area contributed by atoms with Crippen molar-refractivity contribution in [3.63, 3.8) is 0 Å². The largest absolute Gasteiger partial charge is 0.481 e. The molecule has 1 amide bonds. The number of aliphatic carboxylic acids is 2. The first-order chi connectivity index (χ1) is 19.7. The first-order valence-corrected chi connectivity index (χ1v) is 16.8. The van der Waals surface area contributed by atoms with Gasteiger partial charge in [-0.05, 0) is 53.9 Å². The lowest BCUT2D eigenvalue weighted by molar-refractivity contribution is -0.139. The summed E-state index contributed by atoms with van der Waals surface area (Å²) in [4.78, 5) is 42.3. The minimum absolute atomic E-state index is 0. The van der Waals surface area contributed by atoms with Crippen molar-refractivity contribution in [2.75, 3.05) is 18.0 Å². The first-order valence-electron chi connectivity index (χ1n) is 14.7. The van der Waals surface area contributed by atoms with Crippen LogP contribution in [0.15, 0.2) is 0 Å². The van der Waals surface area contributed by atoms with E-state index in [9.17, 15) is 19.2 Å². The van der Waals surface area contributed by atoms with Gasteiger partial charge in [0.25, 0.3) is 0 Å². The predicted molar refractivity (Wildman–Crippen MR) is 214 cm³/mol. The highest BCUT2D eigenvalue weighted by Crippen LogP contribution is 2.25. The van der Waals surface area contributed by atoms with E-state index in [4.69, 9.17) is 26.4 Å². The molecule has 1 aliphatic heterocycles. The second-order valence-corrected chi connectivity index (χ2v) is 10.6. The van der Waals surface area contributed by atoms with Crippen LogP contribution < -0.4 is 22.4 Å². The third-order valence-electron chi connectivity index (χ3n) is 6.04. The number of carboxylic acid groups (broad SMARTS) is 2. The maximum Gasteiger partial charge on any atom is 0.303 e. The molecule has 10 N–H and O–H groups in total. The van der Waals surface area contributed by atoms with Gasteiger partial charge in [0.15, 0.2) is 0 Å². The lowest BCUT2D eigenvalue weighted by atomic mass is 9.82. The van der Waals surface area contributed by atoms with Gasteiger partial charge in [0.1, 0.15) is 5.78 Å². The third kappa shape index (κ3) is 51.1. The summed E-state index contributed by atoms with van der Waals surface area (Å²) in [6.07, 6.45) is 6.09. The van der Waals surface area contributed by atoms with Crippen molar-refractivity contribution in [1.29, 1.82) is 0 Å². The molecule has 278 valence electrons. The molecule has 45 heavy (non-hydrogen) atoms. The molecule has 0 spiro atoms. The van der Waals surface area contributed by atoms with Crippen LogP contribution in [0.25, 0.3) is 0 Å². The smallest absolute Gasteiger partial charge is 0.303 e. The lowest BCUT2D eigenvalue weighted by Gasteiger charge is -2.30. The maximum absolute atomic E-state index is 10.3. The van der Waals surface area contributed by atoms with Gasteiger partial charge in [0.05, 0.1) is 0 Å². The zero-order valence-electron chi connectivity index (χ0n) is 28.3. The number of amides is 1. The summed E-state index contributed by atoms with van der Waals surface area (Å²) < 4.78 is 0. The van der Waals surface area contributed by atoms with Gasteiger partial charge in [-0.3, -0.25) is 19.2 Å². The molecule has 0 aromatic heterocycles. The summed E-state index contributed by atoms with van der Waals surface area (Å²) in [6, 6.07) is 0.398. The molecule has 3 atom stereocenters. The zero-order chi connectivity index (χ0) is 34.3. The normalized spacial score (nSPS) is 19.3. The molecule has 0 aromatic carbocycles. The molecule has 1 heterocycles. The van der Waals surface area contributed by atoms with Crippen molar-refractivity contribution in [3.05, 3.63) is 0 Å². The van der Waals surface area contributed by atoms with Crippen LogP contribution in [0.1, 0.15) is 114 Å². The highest BCUT2D eigenvalue weighted by atomic mass is 127. The van der Waals surface area contributed by atoms with Gasteiger partial charge in [-0.1, -0.05) is 91.8 Å². The van der Waals surface area contributed by atoms with E-state index in [1.807, 2.05) is 39.5 Å². The Morgan fingerprint density at radius 2 is 1.29 bits per heavy atom. The number of ketones is 1. The highest BCUT2D eigenvalue weighted by Gasteiger charge is 2.23. The van der Waals surface area contributed by atoms with Crippen molar-refractivity contribution >= 4 is 94.2 Å². The van der Waals surface area contributed by atoms with Gasteiger partial charge in [0.2, 0.25) is 5.91 Å². The molecule has 15 heteroatoms. The summed E-state index contributed by atoms with van der Waals surface area (Å²) in [6.45, 7) is 17.4. The Morgan fingerprint density at radius 3 is 1.38 bits per heavy atom. The Labute approximate surface area is 321 Å². The molecule has 3 fully saturated rings. The molecule has 3 rings (SSSR count). The van der Waals surface area contributed by atoms with Crippen molar-refractivity contribution < 1.29 is 39.8 Å². The van der Waals surface area contributed by atoms with Gasteiger partial charge < -0.3 is 31.7 Å². The van der Waals surface area contributed by atoms with Crippen molar-refractivity contribution in [2.45, 2.75) is 120 Å². The SMILES string of the molecule is C.CC.CC(CN)CC(=O)O.CC1CC(=O)C1.CC1CC(NO)C1.CC1CNC(=O)C1.CCC(C)CC(=O)O.CI.I.I.NO. The van der Waals surface area contributed by atoms with Crippen LogP contribution in [-0.4, -0.2) is 68.3 Å². The second kappa shape index (κ2) is 46.2. The van der Waals surface area contributed by atoms with E-state index in [1.54, 1.807) is 0 Å². The summed E-state index contributed by atoms with van der Waals surface area (Å²) in [7, 11) is 0. The topological polar surface area (TPSA) is 225 Å². The fourth-order valence-corrected chi connectivity index (χ4v) is 3.30. The lowest BCUT2D eigenvalue weighted by Crippen LogP contribution is -2.37. The van der Waals surface area contributed by atoms with E-state index in [2.05, 4.69) is 60.1 Å². The van der Waals surface area contributed by atoms with Crippen LogP contribution in [0, 0.1) is 29.6 Å². The second-order valence-electron chi connectivity index (χ2n) is 10.6. The van der Waals surface area contributed by atoms with Crippen LogP contribution in [0.3, 0.4) is 0 Å². The van der Waals surface area contributed by atoms with E-state index in [-0.39, 0.29) is 73.6 Å². The van der Waals surface area contributed by atoms with E-state index in [1.165, 1.54) is 0 Å². The van der Waals surface area contributed by atoms with E-state index in [0.29, 0.717) is 42.5 Å². The van der Waals surface area contributed by atoms with Crippen molar-refractivity contribution in [3.8, 4) is 0 Å². The average molecular weight is 995 g/mol. The summed E-state index contributed by atoms with van der Waals surface area (Å²) in [5.41, 5.74) is 7.39. The van der Waals surface area contributed by atoms with Crippen LogP contribution in [0.5, 0.6) is 0 Å². The van der Waals surface area contributed by atoms with Crippen LogP contribution >= 0.6 is 70.5 Å². The number of nitrogens with one attached hydrogen (secondary N) is 2. The minimum Gasteiger partial charge on any atom is -0.481 e. The Morgan fingerprint density at radius 1 is 0.889 bits per heavy atom. The molecule has 2 saturated carbocycles. The number of rotatable bonds is 7. The molecule has 12 nitrogen and oxygen atoms in total. The molecule has 1 saturated heterocycles. The van der Waals surface area contributed by atoms with Gasteiger partial charge in [-0.15, -0.1) is 48.0 Å². The van der Waals surface area contributed by atoms with E-state index < -0.39 is 11.9 Å². The van der Waals surface area contributed by atoms with Gasteiger partial charge in [0, 0.05) is 44.7 Å². The molecule has 0 aromatic rings.